The first kappa shape index (κ1) is 12.8. The normalized spacial score (nSPS) is 34.5. The molecule has 1 aliphatic rings. The Balaban J connectivity index is 2.60. The van der Waals surface area contributed by atoms with Crippen molar-refractivity contribution in [2.75, 3.05) is 0 Å². The van der Waals surface area contributed by atoms with Crippen LogP contribution >= 0.6 is 0 Å². The predicted octanol–water partition coefficient (Wildman–Crippen LogP) is 3.63. The first-order chi connectivity index (χ1) is 6.85. The summed E-state index contributed by atoms with van der Waals surface area (Å²) in [5.41, 5.74) is 0.426. The van der Waals surface area contributed by atoms with Crippen molar-refractivity contribution in [2.24, 2.45) is 23.2 Å². The highest BCUT2D eigenvalue weighted by molar-refractivity contribution is 5.03. The molecular formula is C14H26O. The smallest absolute Gasteiger partial charge is 0.0572 e. The van der Waals surface area contributed by atoms with Crippen molar-refractivity contribution in [2.45, 2.75) is 53.6 Å². The van der Waals surface area contributed by atoms with E-state index in [-0.39, 0.29) is 12.0 Å². The van der Waals surface area contributed by atoms with Crippen molar-refractivity contribution in [1.29, 1.82) is 0 Å². The fraction of sp³-hybridized carbons (Fsp3) is 0.857. The van der Waals surface area contributed by atoms with Crippen molar-refractivity contribution < 1.29 is 5.11 Å². The zero-order valence-corrected chi connectivity index (χ0v) is 10.8. The van der Waals surface area contributed by atoms with Gasteiger partial charge in [0.1, 0.15) is 0 Å². The molecule has 4 atom stereocenters. The molecule has 0 bridgehead atoms. The van der Waals surface area contributed by atoms with Crippen LogP contribution in [-0.4, -0.2) is 11.2 Å². The fourth-order valence-electron chi connectivity index (χ4n) is 2.35. The van der Waals surface area contributed by atoms with Crippen LogP contribution in [0.3, 0.4) is 0 Å². The first-order valence-corrected chi connectivity index (χ1v) is 6.22. The fourth-order valence-corrected chi connectivity index (χ4v) is 2.35. The second kappa shape index (κ2) is 4.69. The Morgan fingerprint density at radius 3 is 2.27 bits per heavy atom. The van der Waals surface area contributed by atoms with E-state index in [0.717, 1.165) is 5.92 Å². The van der Waals surface area contributed by atoms with Crippen LogP contribution in [0.5, 0.6) is 0 Å². The van der Waals surface area contributed by atoms with Crippen LogP contribution in [-0.2, 0) is 0 Å². The second-order valence-electron chi connectivity index (χ2n) is 5.89. The lowest BCUT2D eigenvalue weighted by atomic mass is 9.76. The molecule has 1 aliphatic carbocycles. The summed E-state index contributed by atoms with van der Waals surface area (Å²) in [6.45, 7) is 11.0. The molecule has 0 saturated heterocycles. The van der Waals surface area contributed by atoms with E-state index in [9.17, 15) is 5.11 Å². The zero-order valence-electron chi connectivity index (χ0n) is 10.8. The molecule has 0 spiro atoms. The van der Waals surface area contributed by atoms with E-state index in [1.807, 2.05) is 6.92 Å². The van der Waals surface area contributed by atoms with Gasteiger partial charge in [0.2, 0.25) is 0 Å². The summed E-state index contributed by atoms with van der Waals surface area (Å²) >= 11 is 0. The van der Waals surface area contributed by atoms with Gasteiger partial charge >= 0.3 is 0 Å². The van der Waals surface area contributed by atoms with Crippen molar-refractivity contribution in [3.05, 3.63) is 12.2 Å². The SMILES string of the molecule is CC(O)C(C)C=CC1CCC(C)C1(C)C. The summed E-state index contributed by atoms with van der Waals surface area (Å²) in [7, 11) is 0. The van der Waals surface area contributed by atoms with Crippen LogP contribution in [0.2, 0.25) is 0 Å². The Hall–Kier alpha value is -0.300. The minimum absolute atomic E-state index is 0.233. The largest absolute Gasteiger partial charge is 0.393 e. The lowest BCUT2D eigenvalue weighted by Crippen LogP contribution is -2.22. The lowest BCUT2D eigenvalue weighted by molar-refractivity contribution is 0.156. The molecule has 15 heavy (non-hydrogen) atoms. The molecule has 88 valence electrons. The maximum atomic E-state index is 9.43. The van der Waals surface area contributed by atoms with E-state index in [1.165, 1.54) is 12.8 Å². The summed E-state index contributed by atoms with van der Waals surface area (Å²) in [6, 6.07) is 0. The number of hydrogen-bond acceptors (Lipinski definition) is 1. The van der Waals surface area contributed by atoms with Gasteiger partial charge in [0, 0.05) is 0 Å². The summed E-state index contributed by atoms with van der Waals surface area (Å²) in [5, 5.41) is 9.43. The minimum atomic E-state index is -0.233. The number of allylic oxidation sites excluding steroid dienone is 1. The average Bonchev–Trinajstić information content (AvgIpc) is 2.39. The van der Waals surface area contributed by atoms with E-state index in [2.05, 4.69) is 39.8 Å². The molecule has 1 nitrogen and oxygen atoms in total. The molecule has 1 fully saturated rings. The summed E-state index contributed by atoms with van der Waals surface area (Å²) in [4.78, 5) is 0. The van der Waals surface area contributed by atoms with Gasteiger partial charge in [-0.05, 0) is 42.9 Å². The van der Waals surface area contributed by atoms with Gasteiger partial charge in [-0.25, -0.2) is 0 Å². The van der Waals surface area contributed by atoms with Gasteiger partial charge in [-0.15, -0.1) is 0 Å². The highest BCUT2D eigenvalue weighted by atomic mass is 16.3. The van der Waals surface area contributed by atoms with E-state index < -0.39 is 0 Å². The molecule has 1 rings (SSSR count). The van der Waals surface area contributed by atoms with Crippen molar-refractivity contribution >= 4 is 0 Å². The number of rotatable bonds is 3. The molecule has 0 heterocycles. The zero-order chi connectivity index (χ0) is 11.6. The van der Waals surface area contributed by atoms with Crippen LogP contribution < -0.4 is 0 Å². The van der Waals surface area contributed by atoms with Gasteiger partial charge in [-0.1, -0.05) is 39.8 Å². The third-order valence-electron chi connectivity index (χ3n) is 4.54. The van der Waals surface area contributed by atoms with Crippen molar-refractivity contribution in [3.8, 4) is 0 Å². The standard InChI is InChI=1S/C14H26O/c1-10(12(3)15)6-8-13-9-7-11(2)14(13,4)5/h6,8,10-13,15H,7,9H2,1-5H3. The summed E-state index contributed by atoms with van der Waals surface area (Å²) in [5.74, 6) is 1.78. The van der Waals surface area contributed by atoms with Gasteiger partial charge in [-0.2, -0.15) is 0 Å². The number of aliphatic hydroxyl groups excluding tert-OH is 1. The minimum Gasteiger partial charge on any atom is -0.393 e. The number of hydrogen-bond donors (Lipinski definition) is 1. The molecule has 0 radical (unpaired) electrons. The van der Waals surface area contributed by atoms with Gasteiger partial charge in [-0.3, -0.25) is 0 Å². The van der Waals surface area contributed by atoms with E-state index in [0.29, 0.717) is 11.3 Å². The summed E-state index contributed by atoms with van der Waals surface area (Å²) in [6.07, 6.45) is 6.93. The summed E-state index contributed by atoms with van der Waals surface area (Å²) < 4.78 is 0. The molecule has 0 amide bonds. The number of aliphatic hydroxyl groups is 1. The Bertz CT molecular complexity index is 227. The monoisotopic (exact) mass is 210 g/mol. The van der Waals surface area contributed by atoms with Crippen molar-refractivity contribution in [1.82, 2.24) is 0 Å². The molecule has 1 N–H and O–H groups in total. The van der Waals surface area contributed by atoms with Crippen LogP contribution in [0.25, 0.3) is 0 Å². The first-order valence-electron chi connectivity index (χ1n) is 6.22. The lowest BCUT2D eigenvalue weighted by Gasteiger charge is -2.29. The van der Waals surface area contributed by atoms with Gasteiger partial charge in [0.25, 0.3) is 0 Å². The maximum Gasteiger partial charge on any atom is 0.0572 e. The Kier molecular flexibility index (Phi) is 3.99. The molecule has 4 unspecified atom stereocenters. The van der Waals surface area contributed by atoms with Gasteiger partial charge in [0.15, 0.2) is 0 Å². The molecule has 0 aliphatic heterocycles. The van der Waals surface area contributed by atoms with Crippen LogP contribution in [0.1, 0.15) is 47.5 Å². The highest BCUT2D eigenvalue weighted by Gasteiger charge is 2.38. The quantitative estimate of drug-likeness (QED) is 0.705. The highest BCUT2D eigenvalue weighted by Crippen LogP contribution is 2.47. The molecular weight excluding hydrogens is 184 g/mol. The van der Waals surface area contributed by atoms with E-state index in [1.54, 1.807) is 0 Å². The van der Waals surface area contributed by atoms with Crippen LogP contribution in [0.4, 0.5) is 0 Å². The molecule has 0 aromatic rings. The third kappa shape index (κ3) is 2.84. The Morgan fingerprint density at radius 2 is 1.87 bits per heavy atom. The van der Waals surface area contributed by atoms with E-state index >= 15 is 0 Å². The Morgan fingerprint density at radius 1 is 1.27 bits per heavy atom. The van der Waals surface area contributed by atoms with Gasteiger partial charge < -0.3 is 5.11 Å². The third-order valence-corrected chi connectivity index (χ3v) is 4.54. The molecule has 1 saturated carbocycles. The maximum absolute atomic E-state index is 9.43. The Labute approximate surface area is 94.6 Å². The molecule has 0 aromatic carbocycles. The van der Waals surface area contributed by atoms with Crippen LogP contribution in [0.15, 0.2) is 12.2 Å². The van der Waals surface area contributed by atoms with E-state index in [4.69, 9.17) is 0 Å². The second-order valence-corrected chi connectivity index (χ2v) is 5.89. The predicted molar refractivity (Wildman–Crippen MR) is 65.7 cm³/mol. The van der Waals surface area contributed by atoms with Crippen LogP contribution in [0, 0.1) is 23.2 Å². The molecule has 0 aromatic heterocycles. The average molecular weight is 210 g/mol. The molecule has 1 heteroatoms. The topological polar surface area (TPSA) is 20.2 Å². The van der Waals surface area contributed by atoms with Gasteiger partial charge in [0.05, 0.1) is 6.10 Å². The van der Waals surface area contributed by atoms with Crippen molar-refractivity contribution in [3.63, 3.8) is 0 Å².